The summed E-state index contributed by atoms with van der Waals surface area (Å²) < 4.78 is 0. The van der Waals surface area contributed by atoms with Gasteiger partial charge in [0.15, 0.2) is 0 Å². The molecule has 102 valence electrons. The average Bonchev–Trinajstić information content (AvgIpc) is 2.37. The van der Waals surface area contributed by atoms with Crippen molar-refractivity contribution in [2.75, 3.05) is 18.8 Å². The van der Waals surface area contributed by atoms with Crippen LogP contribution in [-0.4, -0.2) is 45.7 Å². The Balaban J connectivity index is 2.10. The topological polar surface area (TPSA) is 79.5 Å². The predicted octanol–water partition coefficient (Wildman–Crippen LogP) is 0.243. The number of amides is 2. The fraction of sp³-hybridized carbons (Fsp3) is 0.462. The number of carbonyl (C=O) groups excluding carboxylic acids is 2. The lowest BCUT2D eigenvalue weighted by molar-refractivity contribution is -0.157. The number of pyridine rings is 1. The molecule has 0 spiro atoms. The van der Waals surface area contributed by atoms with Gasteiger partial charge in [-0.25, -0.2) is 4.98 Å². The first-order chi connectivity index (χ1) is 9.00. The van der Waals surface area contributed by atoms with Gasteiger partial charge in [0, 0.05) is 37.4 Å². The molecule has 2 rings (SSSR count). The zero-order valence-electron chi connectivity index (χ0n) is 11.2. The number of rotatable bonds is 3. The molecule has 1 saturated heterocycles. The summed E-state index contributed by atoms with van der Waals surface area (Å²) in [5.41, 5.74) is 6.51. The van der Waals surface area contributed by atoms with Gasteiger partial charge in [-0.2, -0.15) is 0 Å². The quantitative estimate of drug-likeness (QED) is 0.791. The van der Waals surface area contributed by atoms with Crippen molar-refractivity contribution in [1.82, 2.24) is 14.8 Å². The summed E-state index contributed by atoms with van der Waals surface area (Å²) in [5, 5.41) is 0. The highest BCUT2D eigenvalue weighted by atomic mass is 16.2. The lowest BCUT2D eigenvalue weighted by Crippen LogP contribution is -2.55. The third kappa shape index (κ3) is 2.67. The van der Waals surface area contributed by atoms with E-state index in [1.807, 2.05) is 19.9 Å². The Labute approximate surface area is 112 Å². The second kappa shape index (κ2) is 5.26. The van der Waals surface area contributed by atoms with Crippen LogP contribution in [0.2, 0.25) is 0 Å². The van der Waals surface area contributed by atoms with E-state index in [0.29, 0.717) is 25.5 Å². The van der Waals surface area contributed by atoms with Crippen LogP contribution in [0.1, 0.15) is 19.4 Å². The Morgan fingerprint density at radius 3 is 2.68 bits per heavy atom. The number of aromatic nitrogens is 1. The summed E-state index contributed by atoms with van der Waals surface area (Å²) >= 11 is 0. The van der Waals surface area contributed by atoms with Gasteiger partial charge in [0.25, 0.3) is 0 Å². The van der Waals surface area contributed by atoms with Gasteiger partial charge in [0.2, 0.25) is 0 Å². The van der Waals surface area contributed by atoms with E-state index in [9.17, 15) is 9.59 Å². The van der Waals surface area contributed by atoms with Gasteiger partial charge in [-0.1, -0.05) is 6.07 Å². The monoisotopic (exact) mass is 262 g/mol. The molecular weight excluding hydrogens is 244 g/mol. The molecule has 1 aliphatic heterocycles. The van der Waals surface area contributed by atoms with Crippen molar-refractivity contribution in [2.45, 2.75) is 26.4 Å². The Morgan fingerprint density at radius 2 is 2.05 bits per heavy atom. The number of nitrogen functional groups attached to an aromatic ring is 1. The Kier molecular flexibility index (Phi) is 3.69. The SMILES string of the molecule is CC(C)N1CCN(Cc2cccnc2N)C(=O)C1=O. The van der Waals surface area contributed by atoms with Crippen LogP contribution in [0.5, 0.6) is 0 Å². The standard InChI is InChI=1S/C13H18N4O2/c1-9(2)17-7-6-16(12(18)13(17)19)8-10-4-3-5-15-11(10)14/h3-5,9H,6-8H2,1-2H3,(H2,14,15). The molecule has 19 heavy (non-hydrogen) atoms. The Hall–Kier alpha value is -2.11. The minimum Gasteiger partial charge on any atom is -0.383 e. The van der Waals surface area contributed by atoms with Gasteiger partial charge >= 0.3 is 11.8 Å². The van der Waals surface area contributed by atoms with E-state index in [1.165, 1.54) is 4.90 Å². The minimum atomic E-state index is -0.469. The first-order valence-electron chi connectivity index (χ1n) is 6.30. The largest absolute Gasteiger partial charge is 0.383 e. The van der Waals surface area contributed by atoms with Crippen molar-refractivity contribution in [3.8, 4) is 0 Å². The first-order valence-corrected chi connectivity index (χ1v) is 6.30. The van der Waals surface area contributed by atoms with Gasteiger partial charge in [0.05, 0.1) is 0 Å². The summed E-state index contributed by atoms with van der Waals surface area (Å²) in [6, 6.07) is 3.62. The molecule has 0 bridgehead atoms. The molecule has 2 N–H and O–H groups in total. The minimum absolute atomic E-state index is 0.0436. The number of hydrogen-bond acceptors (Lipinski definition) is 4. The van der Waals surface area contributed by atoms with E-state index in [0.717, 1.165) is 5.56 Å². The second-order valence-corrected chi connectivity index (χ2v) is 4.87. The van der Waals surface area contributed by atoms with Crippen molar-refractivity contribution < 1.29 is 9.59 Å². The molecule has 0 aromatic carbocycles. The summed E-state index contributed by atoms with van der Waals surface area (Å²) in [6.07, 6.45) is 1.60. The van der Waals surface area contributed by atoms with Crippen molar-refractivity contribution in [3.63, 3.8) is 0 Å². The predicted molar refractivity (Wildman–Crippen MR) is 70.9 cm³/mol. The number of anilines is 1. The van der Waals surface area contributed by atoms with Crippen LogP contribution < -0.4 is 5.73 Å². The highest BCUT2D eigenvalue weighted by Crippen LogP contribution is 2.15. The number of nitrogens with zero attached hydrogens (tertiary/aromatic N) is 3. The average molecular weight is 262 g/mol. The Bertz CT molecular complexity index is 501. The van der Waals surface area contributed by atoms with Crippen LogP contribution in [0, 0.1) is 0 Å². The molecule has 2 heterocycles. The smallest absolute Gasteiger partial charge is 0.312 e. The molecule has 0 unspecified atom stereocenters. The summed E-state index contributed by atoms with van der Waals surface area (Å²) in [6.45, 7) is 5.22. The van der Waals surface area contributed by atoms with E-state index in [1.54, 1.807) is 17.2 Å². The Morgan fingerprint density at radius 1 is 1.32 bits per heavy atom. The van der Waals surface area contributed by atoms with E-state index in [4.69, 9.17) is 5.73 Å². The zero-order valence-corrected chi connectivity index (χ0v) is 11.2. The molecular formula is C13H18N4O2. The van der Waals surface area contributed by atoms with Crippen LogP contribution in [0.25, 0.3) is 0 Å². The highest BCUT2D eigenvalue weighted by molar-refractivity contribution is 6.35. The van der Waals surface area contributed by atoms with E-state index in [2.05, 4.69) is 4.98 Å². The molecule has 0 saturated carbocycles. The highest BCUT2D eigenvalue weighted by Gasteiger charge is 2.33. The second-order valence-electron chi connectivity index (χ2n) is 4.87. The maximum absolute atomic E-state index is 12.0. The zero-order chi connectivity index (χ0) is 14.0. The maximum atomic E-state index is 12.0. The van der Waals surface area contributed by atoms with E-state index >= 15 is 0 Å². The van der Waals surface area contributed by atoms with Gasteiger partial charge in [0.1, 0.15) is 5.82 Å². The normalized spacial score (nSPS) is 16.4. The molecule has 1 aliphatic rings. The lowest BCUT2D eigenvalue weighted by Gasteiger charge is -2.36. The van der Waals surface area contributed by atoms with Gasteiger partial charge < -0.3 is 15.5 Å². The molecule has 1 aromatic heterocycles. The number of carbonyl (C=O) groups is 2. The fourth-order valence-corrected chi connectivity index (χ4v) is 2.12. The molecule has 0 aliphatic carbocycles. The fourth-order valence-electron chi connectivity index (χ4n) is 2.12. The van der Waals surface area contributed by atoms with Crippen LogP contribution >= 0.6 is 0 Å². The molecule has 2 amide bonds. The van der Waals surface area contributed by atoms with E-state index < -0.39 is 11.8 Å². The summed E-state index contributed by atoms with van der Waals surface area (Å²) in [4.78, 5) is 31.1. The number of hydrogen-bond donors (Lipinski definition) is 1. The van der Waals surface area contributed by atoms with Gasteiger partial charge in [-0.05, 0) is 19.9 Å². The molecule has 1 aromatic rings. The molecule has 0 atom stereocenters. The van der Waals surface area contributed by atoms with Crippen LogP contribution in [0.3, 0.4) is 0 Å². The van der Waals surface area contributed by atoms with Crippen LogP contribution in [0.15, 0.2) is 18.3 Å². The van der Waals surface area contributed by atoms with E-state index in [-0.39, 0.29) is 6.04 Å². The van der Waals surface area contributed by atoms with Crippen LogP contribution in [-0.2, 0) is 16.1 Å². The number of nitrogens with two attached hydrogens (primary N) is 1. The molecule has 6 heteroatoms. The van der Waals surface area contributed by atoms with Crippen molar-refractivity contribution >= 4 is 17.6 Å². The molecule has 6 nitrogen and oxygen atoms in total. The van der Waals surface area contributed by atoms with Crippen molar-refractivity contribution in [2.24, 2.45) is 0 Å². The van der Waals surface area contributed by atoms with Gasteiger partial charge in [-0.3, -0.25) is 9.59 Å². The molecule has 0 radical (unpaired) electrons. The maximum Gasteiger partial charge on any atom is 0.312 e. The summed E-state index contributed by atoms with van der Waals surface area (Å²) in [7, 11) is 0. The van der Waals surface area contributed by atoms with Gasteiger partial charge in [-0.15, -0.1) is 0 Å². The first kappa shape index (κ1) is 13.3. The third-order valence-electron chi connectivity index (χ3n) is 3.25. The summed E-state index contributed by atoms with van der Waals surface area (Å²) in [5.74, 6) is -0.513. The number of piperazine rings is 1. The van der Waals surface area contributed by atoms with Crippen molar-refractivity contribution in [3.05, 3.63) is 23.9 Å². The lowest BCUT2D eigenvalue weighted by atomic mass is 10.2. The molecule has 1 fully saturated rings. The van der Waals surface area contributed by atoms with Crippen LogP contribution in [0.4, 0.5) is 5.82 Å². The van der Waals surface area contributed by atoms with Crippen molar-refractivity contribution in [1.29, 1.82) is 0 Å². The third-order valence-corrected chi connectivity index (χ3v) is 3.25.